The smallest absolute Gasteiger partial charge is 0.343 e. The predicted molar refractivity (Wildman–Crippen MR) is 136 cm³/mol. The van der Waals surface area contributed by atoms with Gasteiger partial charge < -0.3 is 19.5 Å². The maximum atomic E-state index is 12.5. The number of esters is 1. The molecule has 0 bridgehead atoms. The van der Waals surface area contributed by atoms with Gasteiger partial charge in [-0.3, -0.25) is 9.59 Å². The molecule has 0 aliphatic rings. The number of rotatable bonds is 7. The molecule has 0 spiro atoms. The summed E-state index contributed by atoms with van der Waals surface area (Å²) in [6, 6.07) is 17.0. The van der Waals surface area contributed by atoms with E-state index in [4.69, 9.17) is 14.2 Å². The van der Waals surface area contributed by atoms with Crippen molar-refractivity contribution in [2.45, 2.75) is 20.8 Å². The number of carbonyl (C=O) groups excluding carboxylic acids is 3. The molecule has 3 aromatic rings. The lowest BCUT2D eigenvalue weighted by Gasteiger charge is -2.12. The Labute approximate surface area is 209 Å². The molecule has 0 atom stereocenters. The largest absolute Gasteiger partial charge is 0.497 e. The number of aryl methyl sites for hydroxylation is 2. The van der Waals surface area contributed by atoms with E-state index in [0.717, 1.165) is 11.1 Å². The molecule has 186 valence electrons. The highest BCUT2D eigenvalue weighted by Gasteiger charge is 2.17. The Hall–Kier alpha value is -4.66. The second-order valence-corrected chi connectivity index (χ2v) is 7.85. The Bertz CT molecular complexity index is 1310. The lowest BCUT2D eigenvalue weighted by molar-refractivity contribution is -0.136. The fraction of sp³-hybridized carbons (Fsp3) is 0.185. The molecule has 0 aliphatic carbocycles. The van der Waals surface area contributed by atoms with E-state index in [1.165, 1.54) is 14.2 Å². The van der Waals surface area contributed by atoms with E-state index < -0.39 is 17.8 Å². The van der Waals surface area contributed by atoms with Crippen molar-refractivity contribution < 1.29 is 28.6 Å². The molecule has 0 saturated heterocycles. The van der Waals surface area contributed by atoms with Crippen LogP contribution in [0.3, 0.4) is 0 Å². The van der Waals surface area contributed by atoms with Gasteiger partial charge in [-0.1, -0.05) is 24.3 Å². The van der Waals surface area contributed by atoms with Crippen molar-refractivity contribution in [1.29, 1.82) is 0 Å². The summed E-state index contributed by atoms with van der Waals surface area (Å²) in [6.07, 6.45) is 0. The van der Waals surface area contributed by atoms with Gasteiger partial charge in [-0.25, -0.2) is 10.2 Å². The van der Waals surface area contributed by atoms with Crippen LogP contribution in [0.4, 0.5) is 5.69 Å². The van der Waals surface area contributed by atoms with E-state index in [9.17, 15) is 14.4 Å². The van der Waals surface area contributed by atoms with Gasteiger partial charge in [0.2, 0.25) is 0 Å². The van der Waals surface area contributed by atoms with Crippen LogP contribution in [0.15, 0.2) is 65.8 Å². The quantitative estimate of drug-likeness (QED) is 0.170. The van der Waals surface area contributed by atoms with E-state index >= 15 is 0 Å². The van der Waals surface area contributed by atoms with Gasteiger partial charge in [0.05, 0.1) is 25.5 Å². The third-order valence-electron chi connectivity index (χ3n) is 5.34. The Kier molecular flexibility index (Phi) is 8.40. The normalized spacial score (nSPS) is 10.9. The molecular formula is C27H27N3O6. The van der Waals surface area contributed by atoms with Crippen LogP contribution < -0.4 is 25.0 Å². The second-order valence-electron chi connectivity index (χ2n) is 7.85. The predicted octanol–water partition coefficient (Wildman–Crippen LogP) is 4.02. The van der Waals surface area contributed by atoms with Gasteiger partial charge in [0, 0.05) is 11.3 Å². The van der Waals surface area contributed by atoms with Crippen LogP contribution in [-0.2, 0) is 9.59 Å². The van der Waals surface area contributed by atoms with Crippen LogP contribution >= 0.6 is 0 Å². The number of ether oxygens (including phenoxy) is 3. The molecule has 3 aromatic carbocycles. The molecule has 2 amide bonds. The fourth-order valence-corrected chi connectivity index (χ4v) is 3.32. The molecule has 0 heterocycles. The number of para-hydroxylation sites is 1. The van der Waals surface area contributed by atoms with Crippen molar-refractivity contribution in [3.63, 3.8) is 0 Å². The van der Waals surface area contributed by atoms with Gasteiger partial charge in [-0.2, -0.15) is 5.10 Å². The van der Waals surface area contributed by atoms with Crippen LogP contribution in [0.25, 0.3) is 0 Å². The van der Waals surface area contributed by atoms with Gasteiger partial charge in [-0.05, 0) is 68.3 Å². The SMILES string of the molecule is COc1cccc(C(=O)Oc2ccc(/C(C)=N/NC(=O)C(=O)Nc3c(C)cccc3C)cc2OC)c1. The molecule has 9 heteroatoms. The summed E-state index contributed by atoms with van der Waals surface area (Å²) in [5.74, 6) is -1.29. The number of carbonyl (C=O) groups is 3. The van der Waals surface area contributed by atoms with Crippen molar-refractivity contribution in [3.05, 3.63) is 82.9 Å². The fourth-order valence-electron chi connectivity index (χ4n) is 3.32. The van der Waals surface area contributed by atoms with E-state index in [0.29, 0.717) is 28.3 Å². The minimum Gasteiger partial charge on any atom is -0.497 e. The average Bonchev–Trinajstić information content (AvgIpc) is 2.89. The number of nitrogens with zero attached hydrogens (tertiary/aromatic N) is 1. The number of nitrogens with one attached hydrogen (secondary N) is 2. The number of benzene rings is 3. The van der Waals surface area contributed by atoms with Crippen molar-refractivity contribution in [2.75, 3.05) is 19.5 Å². The molecule has 9 nitrogen and oxygen atoms in total. The minimum absolute atomic E-state index is 0.207. The van der Waals surface area contributed by atoms with Crippen LogP contribution in [0.2, 0.25) is 0 Å². The van der Waals surface area contributed by atoms with Crippen LogP contribution in [0.5, 0.6) is 17.2 Å². The first kappa shape index (κ1) is 26.0. The number of hydrogen-bond acceptors (Lipinski definition) is 7. The van der Waals surface area contributed by atoms with Crippen molar-refractivity contribution in [3.8, 4) is 17.2 Å². The Balaban J connectivity index is 1.69. The lowest BCUT2D eigenvalue weighted by Crippen LogP contribution is -2.33. The molecule has 0 aliphatic heterocycles. The highest BCUT2D eigenvalue weighted by molar-refractivity contribution is 6.39. The van der Waals surface area contributed by atoms with Crippen LogP contribution in [0.1, 0.15) is 34.0 Å². The molecule has 3 rings (SSSR count). The first-order valence-electron chi connectivity index (χ1n) is 11.0. The third kappa shape index (κ3) is 6.26. The van der Waals surface area contributed by atoms with E-state index in [-0.39, 0.29) is 11.5 Å². The molecular weight excluding hydrogens is 462 g/mol. The zero-order valence-electron chi connectivity index (χ0n) is 20.7. The molecule has 0 radical (unpaired) electrons. The zero-order chi connectivity index (χ0) is 26.2. The standard InChI is InChI=1S/C27H27N3O6/c1-16-8-6-9-17(2)24(16)28-25(31)26(32)30-29-18(3)19-12-13-22(23(15-19)35-5)36-27(33)20-10-7-11-21(14-20)34-4/h6-15H,1-5H3,(H,28,31)(H,30,32)/b29-18+. The van der Waals surface area contributed by atoms with Gasteiger partial charge in [0.1, 0.15) is 5.75 Å². The van der Waals surface area contributed by atoms with Gasteiger partial charge in [-0.15, -0.1) is 0 Å². The number of amides is 2. The highest BCUT2D eigenvalue weighted by Crippen LogP contribution is 2.29. The van der Waals surface area contributed by atoms with Gasteiger partial charge >= 0.3 is 17.8 Å². The molecule has 36 heavy (non-hydrogen) atoms. The van der Waals surface area contributed by atoms with Gasteiger partial charge in [0.15, 0.2) is 11.5 Å². The summed E-state index contributed by atoms with van der Waals surface area (Å²) >= 11 is 0. The third-order valence-corrected chi connectivity index (χ3v) is 5.34. The Morgan fingerprint density at radius 3 is 2.14 bits per heavy atom. The van der Waals surface area contributed by atoms with Gasteiger partial charge in [0.25, 0.3) is 0 Å². The number of hydrogen-bond donors (Lipinski definition) is 2. The number of hydrazone groups is 1. The number of anilines is 1. The molecule has 0 aromatic heterocycles. The average molecular weight is 490 g/mol. The summed E-state index contributed by atoms with van der Waals surface area (Å²) in [5, 5.41) is 6.62. The second kappa shape index (κ2) is 11.7. The Morgan fingerprint density at radius 1 is 0.778 bits per heavy atom. The summed E-state index contributed by atoms with van der Waals surface area (Å²) < 4.78 is 16.0. The van der Waals surface area contributed by atoms with E-state index in [1.54, 1.807) is 49.4 Å². The topological polar surface area (TPSA) is 115 Å². The van der Waals surface area contributed by atoms with E-state index in [1.807, 2.05) is 32.0 Å². The van der Waals surface area contributed by atoms with E-state index in [2.05, 4.69) is 15.8 Å². The zero-order valence-corrected chi connectivity index (χ0v) is 20.7. The maximum Gasteiger partial charge on any atom is 0.343 e. The van der Waals surface area contributed by atoms with Crippen molar-refractivity contribution in [1.82, 2.24) is 5.43 Å². The summed E-state index contributed by atoms with van der Waals surface area (Å²) in [7, 11) is 2.95. The molecule has 2 N–H and O–H groups in total. The summed E-state index contributed by atoms with van der Waals surface area (Å²) in [6.45, 7) is 5.34. The van der Waals surface area contributed by atoms with Crippen LogP contribution in [-0.4, -0.2) is 37.7 Å². The maximum absolute atomic E-state index is 12.5. The minimum atomic E-state index is -0.909. The van der Waals surface area contributed by atoms with Crippen molar-refractivity contribution >= 4 is 29.2 Å². The van der Waals surface area contributed by atoms with Crippen molar-refractivity contribution in [2.24, 2.45) is 5.10 Å². The molecule has 0 fully saturated rings. The molecule has 0 unspecified atom stereocenters. The Morgan fingerprint density at radius 2 is 1.47 bits per heavy atom. The summed E-state index contributed by atoms with van der Waals surface area (Å²) in [5.41, 5.74) is 5.84. The highest BCUT2D eigenvalue weighted by atomic mass is 16.6. The summed E-state index contributed by atoms with van der Waals surface area (Å²) in [4.78, 5) is 37.1. The van der Waals surface area contributed by atoms with Crippen LogP contribution in [0, 0.1) is 13.8 Å². The monoisotopic (exact) mass is 489 g/mol. The number of methoxy groups -OCH3 is 2. The first-order valence-corrected chi connectivity index (χ1v) is 11.0. The molecule has 0 saturated carbocycles. The lowest BCUT2D eigenvalue weighted by atomic mass is 10.1. The first-order chi connectivity index (χ1) is 17.2.